The zero-order valence-electron chi connectivity index (χ0n) is 24.6. The van der Waals surface area contributed by atoms with Gasteiger partial charge < -0.3 is 28.4 Å². The van der Waals surface area contributed by atoms with Crippen LogP contribution in [0.3, 0.4) is 0 Å². The molecule has 0 spiro atoms. The molecular weight excluding hydrogens is 572 g/mol. The van der Waals surface area contributed by atoms with E-state index in [2.05, 4.69) is 6.92 Å². The Bertz CT molecular complexity index is 1480. The first-order valence-corrected chi connectivity index (χ1v) is 15.5. The average Bonchev–Trinajstić information content (AvgIpc) is 3.70. The van der Waals surface area contributed by atoms with Crippen LogP contribution in [-0.4, -0.2) is 54.2 Å². The first kappa shape index (κ1) is 30.9. The number of ether oxygens (including phenoxy) is 3. The molecule has 0 bridgehead atoms. The molecule has 3 heterocycles. The molecule has 3 aromatic rings. The molecule has 2 aliphatic rings. The third-order valence-electron chi connectivity index (χ3n) is 7.95. The zero-order valence-corrected chi connectivity index (χ0v) is 25.4. The minimum absolute atomic E-state index is 0.00294. The summed E-state index contributed by atoms with van der Waals surface area (Å²) in [5.74, 6) is 0.910. The average molecular weight is 611 g/mol. The lowest BCUT2D eigenvalue weighted by molar-refractivity contribution is -0.142. The van der Waals surface area contributed by atoms with Gasteiger partial charge in [0.2, 0.25) is 18.6 Å². The van der Waals surface area contributed by atoms with Gasteiger partial charge in [0.25, 0.3) is 0 Å². The molecule has 0 saturated carbocycles. The molecule has 2 amide bonds. The van der Waals surface area contributed by atoms with Crippen LogP contribution in [0.4, 0.5) is 0 Å². The summed E-state index contributed by atoms with van der Waals surface area (Å²) < 4.78 is 22.5. The van der Waals surface area contributed by atoms with Gasteiger partial charge in [0.1, 0.15) is 5.58 Å². The zero-order chi connectivity index (χ0) is 30.2. The van der Waals surface area contributed by atoms with Gasteiger partial charge >= 0.3 is 0 Å². The molecular formula is C33H39ClN2O7. The summed E-state index contributed by atoms with van der Waals surface area (Å²) in [5, 5.41) is 0.766. The second kappa shape index (κ2) is 14.8. The second-order valence-corrected chi connectivity index (χ2v) is 11.7. The van der Waals surface area contributed by atoms with Crippen LogP contribution in [0, 0.1) is 0 Å². The molecule has 1 atom stereocenters. The summed E-state index contributed by atoms with van der Waals surface area (Å²) >= 11 is 6.16. The number of nitrogens with zero attached hydrogens (tertiary/aromatic N) is 2. The molecule has 5 rings (SSSR count). The molecule has 0 radical (unpaired) electrons. The number of rotatable bonds is 14. The highest BCUT2D eigenvalue weighted by Crippen LogP contribution is 2.33. The highest BCUT2D eigenvalue weighted by atomic mass is 35.5. The number of halogens is 1. The topological polar surface area (TPSA) is 98.5 Å². The minimum Gasteiger partial charge on any atom is -0.464 e. The summed E-state index contributed by atoms with van der Waals surface area (Å²) in [7, 11) is 0. The Balaban J connectivity index is 1.38. The SMILES string of the molecule is CCCCCCCC(=O)N(CC(=O)N(Cc1ccc2c(c1)OCO2)Cc1coc2ccc(Cl)cc2c1=O)CC1CCCO1. The molecule has 1 aromatic heterocycles. The quantitative estimate of drug-likeness (QED) is 0.204. The van der Waals surface area contributed by atoms with Crippen molar-refractivity contribution in [2.45, 2.75) is 77.5 Å². The van der Waals surface area contributed by atoms with Crippen molar-refractivity contribution < 1.29 is 28.2 Å². The fourth-order valence-electron chi connectivity index (χ4n) is 5.54. The molecule has 1 fully saturated rings. The van der Waals surface area contributed by atoms with E-state index in [9.17, 15) is 14.4 Å². The second-order valence-electron chi connectivity index (χ2n) is 11.2. The van der Waals surface area contributed by atoms with Gasteiger partial charge in [-0.25, -0.2) is 0 Å². The van der Waals surface area contributed by atoms with Crippen molar-refractivity contribution in [1.29, 1.82) is 0 Å². The summed E-state index contributed by atoms with van der Waals surface area (Å²) in [6.45, 7) is 3.42. The first-order valence-electron chi connectivity index (χ1n) is 15.2. The Labute approximate surface area is 256 Å². The van der Waals surface area contributed by atoms with Crippen molar-refractivity contribution in [3.63, 3.8) is 0 Å². The summed E-state index contributed by atoms with van der Waals surface area (Å²) in [5.41, 5.74) is 1.28. The van der Waals surface area contributed by atoms with E-state index in [0.29, 0.717) is 52.6 Å². The minimum atomic E-state index is -0.277. The van der Waals surface area contributed by atoms with Crippen molar-refractivity contribution in [3.05, 3.63) is 69.0 Å². The van der Waals surface area contributed by atoms with Crippen molar-refractivity contribution in [3.8, 4) is 11.5 Å². The highest BCUT2D eigenvalue weighted by molar-refractivity contribution is 6.31. The monoisotopic (exact) mass is 610 g/mol. The number of fused-ring (bicyclic) bond motifs is 2. The summed E-state index contributed by atoms with van der Waals surface area (Å²) in [4.78, 5) is 44.0. The van der Waals surface area contributed by atoms with E-state index in [-0.39, 0.29) is 49.8 Å². The molecule has 230 valence electrons. The third kappa shape index (κ3) is 8.09. The standard InChI is InChI=1S/C33H39ClN2O7/c1-2-3-4-5-6-9-31(37)36(19-26-8-7-14-40-26)20-32(38)35(17-23-10-12-29-30(15-23)43-22-42-29)18-24-21-41-28-13-11-25(34)16-27(28)33(24)39/h10-13,15-16,21,26H,2-9,14,17-20,22H2,1H3. The maximum atomic E-state index is 14.0. The Kier molecular flexibility index (Phi) is 10.6. The number of carbonyl (C=O) groups is 2. The molecule has 1 saturated heterocycles. The van der Waals surface area contributed by atoms with Gasteiger partial charge in [-0.1, -0.05) is 50.3 Å². The largest absolute Gasteiger partial charge is 0.464 e. The molecule has 1 unspecified atom stereocenters. The maximum absolute atomic E-state index is 14.0. The molecule has 0 aliphatic carbocycles. The number of unbranched alkanes of at least 4 members (excludes halogenated alkanes) is 4. The first-order chi connectivity index (χ1) is 20.9. The lowest BCUT2D eigenvalue weighted by Crippen LogP contribution is -2.45. The molecule has 9 nitrogen and oxygen atoms in total. The van der Waals surface area contributed by atoms with Crippen LogP contribution in [0.25, 0.3) is 11.0 Å². The van der Waals surface area contributed by atoms with E-state index < -0.39 is 0 Å². The van der Waals surface area contributed by atoms with Crippen LogP contribution in [0.5, 0.6) is 11.5 Å². The summed E-state index contributed by atoms with van der Waals surface area (Å²) in [6.07, 6.45) is 8.64. The lowest BCUT2D eigenvalue weighted by atomic mass is 10.1. The van der Waals surface area contributed by atoms with Crippen LogP contribution < -0.4 is 14.9 Å². The number of hydrogen-bond donors (Lipinski definition) is 0. The Hall–Kier alpha value is -3.56. The van der Waals surface area contributed by atoms with Gasteiger partial charge in [0.05, 0.1) is 36.4 Å². The van der Waals surface area contributed by atoms with E-state index in [4.69, 9.17) is 30.2 Å². The van der Waals surface area contributed by atoms with Gasteiger partial charge in [-0.15, -0.1) is 0 Å². The predicted octanol–water partition coefficient (Wildman–Crippen LogP) is 6.07. The smallest absolute Gasteiger partial charge is 0.242 e. The van der Waals surface area contributed by atoms with Crippen molar-refractivity contribution in [2.75, 3.05) is 26.5 Å². The van der Waals surface area contributed by atoms with E-state index in [0.717, 1.165) is 50.5 Å². The van der Waals surface area contributed by atoms with E-state index in [1.807, 2.05) is 12.1 Å². The molecule has 2 aliphatic heterocycles. The number of carbonyl (C=O) groups excluding carboxylic acids is 2. The predicted molar refractivity (Wildman–Crippen MR) is 163 cm³/mol. The van der Waals surface area contributed by atoms with Crippen LogP contribution in [0.15, 0.2) is 51.9 Å². The summed E-state index contributed by atoms with van der Waals surface area (Å²) in [6, 6.07) is 10.4. The Morgan fingerprint density at radius 1 is 0.953 bits per heavy atom. The van der Waals surface area contributed by atoms with Crippen molar-refractivity contribution in [1.82, 2.24) is 9.80 Å². The number of amides is 2. The molecule has 2 aromatic carbocycles. The van der Waals surface area contributed by atoms with Gasteiger partial charge in [-0.05, 0) is 55.2 Å². The van der Waals surface area contributed by atoms with Gasteiger partial charge in [-0.2, -0.15) is 0 Å². The van der Waals surface area contributed by atoms with Gasteiger partial charge in [0.15, 0.2) is 16.9 Å². The van der Waals surface area contributed by atoms with Crippen LogP contribution >= 0.6 is 11.6 Å². The highest BCUT2D eigenvalue weighted by Gasteiger charge is 2.27. The lowest BCUT2D eigenvalue weighted by Gasteiger charge is -2.29. The van der Waals surface area contributed by atoms with E-state index >= 15 is 0 Å². The van der Waals surface area contributed by atoms with Crippen LogP contribution in [0.2, 0.25) is 5.02 Å². The van der Waals surface area contributed by atoms with Crippen LogP contribution in [0.1, 0.15) is 69.4 Å². The van der Waals surface area contributed by atoms with Gasteiger partial charge in [0, 0.05) is 31.1 Å². The molecule has 0 N–H and O–H groups in total. The fraction of sp³-hybridized carbons (Fsp3) is 0.485. The normalized spacial score (nSPS) is 15.6. The fourth-order valence-corrected chi connectivity index (χ4v) is 5.71. The number of hydrogen-bond acceptors (Lipinski definition) is 7. The molecule has 10 heteroatoms. The van der Waals surface area contributed by atoms with Gasteiger partial charge in [-0.3, -0.25) is 14.4 Å². The van der Waals surface area contributed by atoms with Crippen molar-refractivity contribution in [2.24, 2.45) is 0 Å². The van der Waals surface area contributed by atoms with E-state index in [1.54, 1.807) is 34.1 Å². The Morgan fingerprint density at radius 3 is 2.60 bits per heavy atom. The molecule has 43 heavy (non-hydrogen) atoms. The van der Waals surface area contributed by atoms with Crippen molar-refractivity contribution >= 4 is 34.4 Å². The van der Waals surface area contributed by atoms with E-state index in [1.165, 1.54) is 6.26 Å². The Morgan fingerprint density at radius 2 is 1.79 bits per heavy atom. The maximum Gasteiger partial charge on any atom is 0.242 e. The number of benzene rings is 2. The third-order valence-corrected chi connectivity index (χ3v) is 8.19. The van der Waals surface area contributed by atoms with Crippen LogP contribution in [-0.2, 0) is 27.4 Å².